The monoisotopic (exact) mass is 677 g/mol. The van der Waals surface area contributed by atoms with Gasteiger partial charge in [0, 0.05) is 43.2 Å². The molecule has 0 atom stereocenters. The number of nitrogens with one attached hydrogen (secondary N) is 3. The molecule has 3 aromatic rings. The van der Waals surface area contributed by atoms with Crippen LogP contribution in [0.15, 0.2) is 47.6 Å². The number of nitrogens with zero attached hydrogens (tertiary/aromatic N) is 2. The molecule has 3 N–H and O–H groups in total. The molecule has 256 valence electrons. The number of methoxy groups -OCH3 is 1. The van der Waals surface area contributed by atoms with Gasteiger partial charge >= 0.3 is 5.51 Å². The van der Waals surface area contributed by atoms with Crippen molar-refractivity contribution in [3.8, 4) is 17.6 Å². The van der Waals surface area contributed by atoms with Crippen LogP contribution in [0.2, 0.25) is 0 Å². The third-order valence-electron chi connectivity index (χ3n) is 7.27. The second-order valence-corrected chi connectivity index (χ2v) is 11.5. The summed E-state index contributed by atoms with van der Waals surface area (Å²) in [4.78, 5) is 14.9. The van der Waals surface area contributed by atoms with Crippen molar-refractivity contribution in [2.75, 3.05) is 96.7 Å². The zero-order valence-corrected chi connectivity index (χ0v) is 27.5. The molecule has 1 aromatic carbocycles. The minimum absolute atomic E-state index is 0.0000752. The van der Waals surface area contributed by atoms with Crippen molar-refractivity contribution in [1.29, 1.82) is 0 Å². The molecule has 5 rings (SSSR count). The zero-order valence-electron chi connectivity index (χ0n) is 26.7. The Hall–Kier alpha value is -3.61. The number of rotatable bonds is 3. The molecule has 1 amide bonds. The highest BCUT2D eigenvalue weighted by molar-refractivity contribution is 8.00. The molecule has 0 spiro atoms. The van der Waals surface area contributed by atoms with Gasteiger partial charge in [-0.2, -0.15) is 13.2 Å². The van der Waals surface area contributed by atoms with E-state index in [0.717, 1.165) is 31.7 Å². The third-order valence-corrected chi connectivity index (χ3v) is 8.11. The first-order valence-corrected chi connectivity index (χ1v) is 16.4. The molecule has 0 saturated carbocycles. The SMILES string of the molecule is CCN1CCCNc2cccn3c(SC(F)(F)F)c(cc23)C#CCNc2ccc(cc2OC)C(=O)NCCOCCOCCOCC1. The lowest BCUT2D eigenvalue weighted by Crippen LogP contribution is -2.30. The fourth-order valence-electron chi connectivity index (χ4n) is 4.91. The van der Waals surface area contributed by atoms with Gasteiger partial charge in [0.1, 0.15) is 10.8 Å². The lowest BCUT2D eigenvalue weighted by atomic mass is 10.1. The topological polar surface area (TPSA) is 97.7 Å². The molecule has 14 heteroatoms. The Morgan fingerprint density at radius 2 is 1.70 bits per heavy atom. The Morgan fingerprint density at radius 1 is 0.936 bits per heavy atom. The van der Waals surface area contributed by atoms with E-state index in [1.165, 1.54) is 11.5 Å². The number of anilines is 2. The number of hydrogen-bond acceptors (Lipinski definition) is 9. The number of aromatic nitrogens is 1. The number of halogens is 3. The van der Waals surface area contributed by atoms with Crippen molar-refractivity contribution < 1.29 is 36.9 Å². The Bertz CT molecular complexity index is 1510. The van der Waals surface area contributed by atoms with Gasteiger partial charge in [-0.05, 0) is 55.9 Å². The molecule has 0 aliphatic carbocycles. The highest BCUT2D eigenvalue weighted by Gasteiger charge is 2.32. The molecule has 2 aromatic heterocycles. The van der Waals surface area contributed by atoms with Gasteiger partial charge in [-0.3, -0.25) is 4.79 Å². The second-order valence-electron chi connectivity index (χ2n) is 10.5. The van der Waals surface area contributed by atoms with Crippen LogP contribution < -0.4 is 20.7 Å². The van der Waals surface area contributed by atoms with Crippen molar-refractivity contribution in [2.24, 2.45) is 0 Å². The van der Waals surface area contributed by atoms with Gasteiger partial charge in [-0.25, -0.2) is 0 Å². The van der Waals surface area contributed by atoms with Gasteiger partial charge in [0.2, 0.25) is 0 Å². The molecular formula is C33H42F3N5O5S. The summed E-state index contributed by atoms with van der Waals surface area (Å²) in [6, 6.07) is 10.2. The fraction of sp³-hybridized carbons (Fsp3) is 0.485. The summed E-state index contributed by atoms with van der Waals surface area (Å²) in [5.41, 5.74) is -1.88. The first kappa shape index (κ1) is 36.2. The molecular weight excluding hydrogens is 635 g/mol. The molecule has 0 fully saturated rings. The summed E-state index contributed by atoms with van der Waals surface area (Å²) in [7, 11) is 1.49. The molecule has 47 heavy (non-hydrogen) atoms. The molecule has 0 unspecified atom stereocenters. The van der Waals surface area contributed by atoms with E-state index in [4.69, 9.17) is 18.9 Å². The summed E-state index contributed by atoms with van der Waals surface area (Å²) >= 11 is -0.185. The van der Waals surface area contributed by atoms with E-state index >= 15 is 0 Å². The maximum atomic E-state index is 13.6. The first-order chi connectivity index (χ1) is 22.8. The minimum Gasteiger partial charge on any atom is -0.495 e. The molecule has 4 bridgehead atoms. The van der Waals surface area contributed by atoms with E-state index in [0.29, 0.717) is 75.2 Å². The van der Waals surface area contributed by atoms with E-state index in [-0.39, 0.29) is 34.8 Å². The Morgan fingerprint density at radius 3 is 2.45 bits per heavy atom. The minimum atomic E-state index is -4.49. The van der Waals surface area contributed by atoms with Crippen molar-refractivity contribution >= 4 is 34.6 Å². The number of thioether (sulfide) groups is 1. The predicted molar refractivity (Wildman–Crippen MR) is 178 cm³/mol. The van der Waals surface area contributed by atoms with Gasteiger partial charge < -0.3 is 44.2 Å². The summed E-state index contributed by atoms with van der Waals surface area (Å²) in [6.45, 7) is 8.41. The quantitative estimate of drug-likeness (QED) is 0.202. The summed E-state index contributed by atoms with van der Waals surface area (Å²) < 4.78 is 64.6. The number of pyridine rings is 1. The van der Waals surface area contributed by atoms with Crippen molar-refractivity contribution in [3.63, 3.8) is 0 Å². The fourth-order valence-corrected chi connectivity index (χ4v) is 5.61. The Kier molecular flexibility index (Phi) is 14.4. The van der Waals surface area contributed by atoms with E-state index in [9.17, 15) is 18.0 Å². The summed E-state index contributed by atoms with van der Waals surface area (Å²) in [5, 5.41) is 9.34. The van der Waals surface area contributed by atoms with E-state index < -0.39 is 5.51 Å². The van der Waals surface area contributed by atoms with Crippen LogP contribution in [0.1, 0.15) is 29.3 Å². The van der Waals surface area contributed by atoms with Gasteiger partial charge in [0.25, 0.3) is 5.91 Å². The van der Waals surface area contributed by atoms with Crippen LogP contribution in [0, 0.1) is 11.8 Å². The average molecular weight is 678 g/mol. The lowest BCUT2D eigenvalue weighted by molar-refractivity contribution is -0.0329. The number of fused-ring (bicyclic) bond motifs is 21. The predicted octanol–water partition coefficient (Wildman–Crippen LogP) is 4.94. The number of alkyl halides is 3. The number of ether oxygens (including phenoxy) is 4. The smallest absolute Gasteiger partial charge is 0.447 e. The van der Waals surface area contributed by atoms with Crippen molar-refractivity contribution in [3.05, 3.63) is 53.7 Å². The second kappa shape index (κ2) is 18.7. The molecule has 2 aliphatic heterocycles. The molecule has 2 aliphatic rings. The molecule has 4 heterocycles. The Labute approximate surface area is 277 Å². The van der Waals surface area contributed by atoms with Crippen LogP contribution in [0.25, 0.3) is 5.52 Å². The van der Waals surface area contributed by atoms with Gasteiger partial charge in [-0.15, -0.1) is 0 Å². The van der Waals surface area contributed by atoms with Gasteiger partial charge in [0.15, 0.2) is 0 Å². The van der Waals surface area contributed by atoms with Gasteiger partial charge in [-0.1, -0.05) is 18.8 Å². The third kappa shape index (κ3) is 11.5. The average Bonchev–Trinajstić information content (AvgIpc) is 3.40. The van der Waals surface area contributed by atoms with Crippen LogP contribution >= 0.6 is 11.8 Å². The van der Waals surface area contributed by atoms with Crippen LogP contribution in [0.3, 0.4) is 0 Å². The number of benzene rings is 1. The number of likely N-dealkylation sites (N-methyl/N-ethyl adjacent to an activating group) is 1. The first-order valence-electron chi connectivity index (χ1n) is 15.6. The highest BCUT2D eigenvalue weighted by Crippen LogP contribution is 2.40. The molecule has 0 radical (unpaired) electrons. The largest absolute Gasteiger partial charge is 0.495 e. The maximum Gasteiger partial charge on any atom is 0.447 e. The van der Waals surface area contributed by atoms with Crippen LogP contribution in [0.5, 0.6) is 5.75 Å². The molecule has 0 saturated heterocycles. The highest BCUT2D eigenvalue weighted by atomic mass is 32.2. The van der Waals surface area contributed by atoms with Crippen LogP contribution in [-0.2, 0) is 14.2 Å². The zero-order chi connectivity index (χ0) is 33.5. The number of amides is 1. The number of carbonyl (C=O) groups excluding carboxylic acids is 1. The maximum absolute atomic E-state index is 13.6. The van der Waals surface area contributed by atoms with E-state index in [1.807, 2.05) is 6.07 Å². The normalized spacial score (nSPS) is 17.3. The van der Waals surface area contributed by atoms with E-state index in [2.05, 4.69) is 39.6 Å². The summed E-state index contributed by atoms with van der Waals surface area (Å²) in [5.74, 6) is 6.01. The van der Waals surface area contributed by atoms with Crippen LogP contribution in [0.4, 0.5) is 24.5 Å². The van der Waals surface area contributed by atoms with Gasteiger partial charge in [0.05, 0.1) is 75.8 Å². The number of carbonyl (C=O) groups is 1. The van der Waals surface area contributed by atoms with E-state index in [1.54, 1.807) is 36.5 Å². The van der Waals surface area contributed by atoms with Crippen LogP contribution in [-0.4, -0.2) is 107 Å². The standard InChI is InChI=1S/C33H42F3N5O5S/c1-3-40-14-6-12-37-27-8-5-15-41-29(27)23-26(32(41)47-33(34,35)36)7-4-11-38-28-10-9-25(24-30(28)43-2)31(42)39-13-17-44-19-21-46-22-20-45-18-16-40/h5,8-10,15,23-24,37-38H,3,6,11-14,16-22H2,1-2H3,(H,39,42). The van der Waals surface area contributed by atoms with Crippen molar-refractivity contribution in [1.82, 2.24) is 14.6 Å². The number of hydrogen-bond donors (Lipinski definition) is 3. The Balaban J connectivity index is 1.52. The lowest BCUT2D eigenvalue weighted by Gasteiger charge is -2.20. The molecule has 10 nitrogen and oxygen atoms in total. The summed E-state index contributed by atoms with van der Waals surface area (Å²) in [6.07, 6.45) is 2.46. The van der Waals surface area contributed by atoms with Crippen molar-refractivity contribution in [2.45, 2.75) is 23.9 Å².